The molecule has 1 saturated carbocycles. The topological polar surface area (TPSA) is 24.4 Å². The number of nitrogens with one attached hydrogen (secondary N) is 1. The number of rotatable bonds is 2. The fraction of sp³-hybridized carbons (Fsp3) is 0.533. The van der Waals surface area contributed by atoms with Crippen LogP contribution >= 0.6 is 0 Å². The zero-order valence-electron chi connectivity index (χ0n) is 10.5. The Balaban J connectivity index is 2.05. The Hall–Kier alpha value is -1.31. The monoisotopic (exact) mass is 228 g/mol. The molecule has 2 heteroatoms. The van der Waals surface area contributed by atoms with Crippen molar-refractivity contribution in [2.75, 3.05) is 13.1 Å². The zero-order chi connectivity index (χ0) is 11.7. The van der Waals surface area contributed by atoms with E-state index in [0.29, 0.717) is 0 Å². The largest absolute Gasteiger partial charge is 0.371 e. The van der Waals surface area contributed by atoms with E-state index in [0.717, 1.165) is 13.1 Å². The summed E-state index contributed by atoms with van der Waals surface area (Å²) in [7, 11) is 0. The minimum Gasteiger partial charge on any atom is -0.371 e. The molecule has 0 spiro atoms. The first-order valence-electron chi connectivity index (χ1n) is 6.67. The van der Waals surface area contributed by atoms with Crippen molar-refractivity contribution in [3.63, 3.8) is 0 Å². The maximum absolute atomic E-state index is 4.70. The maximum Gasteiger partial charge on any atom is 0.107 e. The fourth-order valence-electron chi connectivity index (χ4n) is 3.30. The molecule has 1 aliphatic carbocycles. The highest BCUT2D eigenvalue weighted by atomic mass is 15.1. The molecular weight excluding hydrogens is 208 g/mol. The molecule has 1 aromatic rings. The number of hydrogen-bond acceptors (Lipinski definition) is 2. The maximum atomic E-state index is 4.70. The lowest BCUT2D eigenvalue weighted by Gasteiger charge is -2.30. The molecule has 1 N–H and O–H groups in total. The second-order valence-corrected chi connectivity index (χ2v) is 5.32. The first-order valence-corrected chi connectivity index (χ1v) is 6.67. The molecule has 0 saturated heterocycles. The molecule has 0 bridgehead atoms. The van der Waals surface area contributed by atoms with Crippen molar-refractivity contribution >= 4 is 5.84 Å². The summed E-state index contributed by atoms with van der Waals surface area (Å²) in [4.78, 5) is 4.70. The number of aliphatic imine (C=N–C) groups is 1. The van der Waals surface area contributed by atoms with Crippen molar-refractivity contribution in [1.29, 1.82) is 0 Å². The SMILES string of the molecule is Cc1cccc(C2(C3=NCCN3)CCCC2)c1. The summed E-state index contributed by atoms with van der Waals surface area (Å²) in [5.41, 5.74) is 3.01. The summed E-state index contributed by atoms with van der Waals surface area (Å²) in [6, 6.07) is 8.98. The summed E-state index contributed by atoms with van der Waals surface area (Å²) < 4.78 is 0. The van der Waals surface area contributed by atoms with E-state index in [2.05, 4.69) is 36.5 Å². The van der Waals surface area contributed by atoms with E-state index in [1.54, 1.807) is 0 Å². The van der Waals surface area contributed by atoms with Gasteiger partial charge in [-0.05, 0) is 25.3 Å². The number of nitrogens with zero attached hydrogens (tertiary/aromatic N) is 1. The lowest BCUT2D eigenvalue weighted by molar-refractivity contribution is 0.584. The van der Waals surface area contributed by atoms with Crippen molar-refractivity contribution in [3.05, 3.63) is 35.4 Å². The highest BCUT2D eigenvalue weighted by Crippen LogP contribution is 2.42. The fourth-order valence-corrected chi connectivity index (χ4v) is 3.30. The van der Waals surface area contributed by atoms with E-state index >= 15 is 0 Å². The van der Waals surface area contributed by atoms with Crippen LogP contribution in [-0.2, 0) is 5.41 Å². The Bertz CT molecular complexity index is 442. The Labute approximate surface area is 103 Å². The predicted octanol–water partition coefficient (Wildman–Crippen LogP) is 2.81. The van der Waals surface area contributed by atoms with E-state index in [1.807, 2.05) is 0 Å². The van der Waals surface area contributed by atoms with Crippen LogP contribution in [0.3, 0.4) is 0 Å². The predicted molar refractivity (Wildman–Crippen MR) is 71.6 cm³/mol. The average Bonchev–Trinajstić information content (AvgIpc) is 3.01. The van der Waals surface area contributed by atoms with Gasteiger partial charge < -0.3 is 5.32 Å². The van der Waals surface area contributed by atoms with E-state index in [1.165, 1.54) is 42.6 Å². The van der Waals surface area contributed by atoms with Gasteiger partial charge >= 0.3 is 0 Å². The van der Waals surface area contributed by atoms with Crippen LogP contribution in [-0.4, -0.2) is 18.9 Å². The van der Waals surface area contributed by atoms with E-state index in [9.17, 15) is 0 Å². The van der Waals surface area contributed by atoms with Crippen LogP contribution in [0.15, 0.2) is 29.3 Å². The Morgan fingerprint density at radius 1 is 1.24 bits per heavy atom. The molecule has 1 heterocycles. The molecule has 1 fully saturated rings. The summed E-state index contributed by atoms with van der Waals surface area (Å²) in [6.45, 7) is 4.14. The van der Waals surface area contributed by atoms with Crippen LogP contribution in [0.1, 0.15) is 36.8 Å². The molecule has 3 rings (SSSR count). The number of hydrogen-bond donors (Lipinski definition) is 1. The zero-order valence-corrected chi connectivity index (χ0v) is 10.5. The van der Waals surface area contributed by atoms with Crippen LogP contribution in [0.25, 0.3) is 0 Å². The van der Waals surface area contributed by atoms with Gasteiger partial charge in [-0.3, -0.25) is 4.99 Å². The van der Waals surface area contributed by atoms with Crippen molar-refractivity contribution in [3.8, 4) is 0 Å². The van der Waals surface area contributed by atoms with Gasteiger partial charge in [0.1, 0.15) is 5.84 Å². The van der Waals surface area contributed by atoms with Crippen LogP contribution in [0.2, 0.25) is 0 Å². The van der Waals surface area contributed by atoms with Gasteiger partial charge in [-0.1, -0.05) is 42.7 Å². The molecule has 1 aliphatic heterocycles. The quantitative estimate of drug-likeness (QED) is 0.827. The summed E-state index contributed by atoms with van der Waals surface area (Å²) >= 11 is 0. The molecule has 0 aromatic heterocycles. The normalized spacial score (nSPS) is 22.3. The molecule has 2 nitrogen and oxygen atoms in total. The number of aryl methyl sites for hydroxylation is 1. The third-order valence-corrected chi connectivity index (χ3v) is 4.16. The smallest absolute Gasteiger partial charge is 0.107 e. The molecule has 0 amide bonds. The van der Waals surface area contributed by atoms with Crippen LogP contribution in [0.4, 0.5) is 0 Å². The Kier molecular flexibility index (Phi) is 2.65. The minimum absolute atomic E-state index is 0.197. The van der Waals surface area contributed by atoms with E-state index in [-0.39, 0.29) is 5.41 Å². The molecule has 17 heavy (non-hydrogen) atoms. The van der Waals surface area contributed by atoms with Crippen molar-refractivity contribution in [2.45, 2.75) is 38.0 Å². The molecule has 90 valence electrons. The van der Waals surface area contributed by atoms with E-state index in [4.69, 9.17) is 4.99 Å². The second kappa shape index (κ2) is 4.17. The number of amidine groups is 1. The summed E-state index contributed by atoms with van der Waals surface area (Å²) in [6.07, 6.45) is 5.16. The minimum atomic E-state index is 0.197. The van der Waals surface area contributed by atoms with Gasteiger partial charge in [-0.15, -0.1) is 0 Å². The Morgan fingerprint density at radius 3 is 2.71 bits per heavy atom. The van der Waals surface area contributed by atoms with Crippen LogP contribution < -0.4 is 5.32 Å². The highest BCUT2D eigenvalue weighted by molar-refractivity contribution is 5.94. The first kappa shape index (κ1) is 10.8. The van der Waals surface area contributed by atoms with Gasteiger partial charge in [0.25, 0.3) is 0 Å². The number of benzene rings is 1. The lowest BCUT2D eigenvalue weighted by Crippen LogP contribution is -2.40. The highest BCUT2D eigenvalue weighted by Gasteiger charge is 2.41. The van der Waals surface area contributed by atoms with Crippen molar-refractivity contribution in [1.82, 2.24) is 5.32 Å². The molecular formula is C15H20N2. The van der Waals surface area contributed by atoms with Gasteiger partial charge in [-0.2, -0.15) is 0 Å². The molecule has 0 radical (unpaired) electrons. The van der Waals surface area contributed by atoms with Crippen molar-refractivity contribution in [2.24, 2.45) is 4.99 Å². The Morgan fingerprint density at radius 2 is 2.06 bits per heavy atom. The van der Waals surface area contributed by atoms with E-state index < -0.39 is 0 Å². The van der Waals surface area contributed by atoms with Gasteiger partial charge in [0.05, 0.1) is 12.0 Å². The van der Waals surface area contributed by atoms with Gasteiger partial charge in [0, 0.05) is 6.54 Å². The average molecular weight is 228 g/mol. The molecule has 1 aromatic carbocycles. The molecule has 0 unspecified atom stereocenters. The summed E-state index contributed by atoms with van der Waals surface area (Å²) in [5, 5.41) is 3.51. The first-order chi connectivity index (χ1) is 8.31. The summed E-state index contributed by atoms with van der Waals surface area (Å²) in [5.74, 6) is 1.25. The molecule has 2 aliphatic rings. The van der Waals surface area contributed by atoms with Gasteiger partial charge in [-0.25, -0.2) is 0 Å². The second-order valence-electron chi connectivity index (χ2n) is 5.32. The lowest BCUT2D eigenvalue weighted by atomic mass is 9.77. The van der Waals surface area contributed by atoms with Gasteiger partial charge in [0.15, 0.2) is 0 Å². The van der Waals surface area contributed by atoms with Crippen LogP contribution in [0, 0.1) is 6.92 Å². The van der Waals surface area contributed by atoms with Crippen molar-refractivity contribution < 1.29 is 0 Å². The third-order valence-electron chi connectivity index (χ3n) is 4.16. The molecule has 0 atom stereocenters. The van der Waals surface area contributed by atoms with Crippen LogP contribution in [0.5, 0.6) is 0 Å². The third kappa shape index (κ3) is 1.76. The van der Waals surface area contributed by atoms with Gasteiger partial charge in [0.2, 0.25) is 0 Å². The standard InChI is InChI=1S/C15H20N2/c1-12-5-4-6-13(11-12)15(7-2-3-8-15)14-16-9-10-17-14/h4-6,11H,2-3,7-10H2,1H3,(H,16,17).